The van der Waals surface area contributed by atoms with Crippen LogP contribution in [-0.2, 0) is 6.42 Å². The van der Waals surface area contributed by atoms with Gasteiger partial charge in [-0.05, 0) is 35.1 Å². The van der Waals surface area contributed by atoms with E-state index in [1.165, 1.54) is 5.56 Å². The summed E-state index contributed by atoms with van der Waals surface area (Å²) in [4.78, 5) is 9.41. The fourth-order valence-corrected chi connectivity index (χ4v) is 3.34. The number of ether oxygens (including phenoxy) is 1. The van der Waals surface area contributed by atoms with Crippen molar-refractivity contribution in [1.29, 1.82) is 0 Å². The van der Waals surface area contributed by atoms with Crippen molar-refractivity contribution in [2.75, 3.05) is 19.0 Å². The van der Waals surface area contributed by atoms with Gasteiger partial charge in [-0.15, -0.1) is 0 Å². The molecule has 1 aliphatic heterocycles. The molecule has 0 saturated carbocycles. The minimum absolute atomic E-state index is 0.126. The second-order valence-corrected chi connectivity index (χ2v) is 5.77. The summed E-state index contributed by atoms with van der Waals surface area (Å²) in [6.07, 6.45) is 0.900. The zero-order valence-corrected chi connectivity index (χ0v) is 13.6. The van der Waals surface area contributed by atoms with E-state index < -0.39 is 0 Å². The topological polar surface area (TPSA) is 47.0 Å². The van der Waals surface area contributed by atoms with E-state index in [0.29, 0.717) is 6.61 Å². The Morgan fingerprint density at radius 2 is 2.15 bits per heavy atom. The molecule has 5 heteroatoms. The van der Waals surface area contributed by atoms with Gasteiger partial charge in [-0.3, -0.25) is 0 Å². The van der Waals surface area contributed by atoms with Crippen LogP contribution in [0.5, 0.6) is 5.75 Å². The summed E-state index contributed by atoms with van der Waals surface area (Å²) in [6, 6.07) is 8.13. The normalized spacial score (nSPS) is 16.6. The zero-order valence-electron chi connectivity index (χ0n) is 11.5. The van der Waals surface area contributed by atoms with Crippen molar-refractivity contribution in [3.8, 4) is 5.75 Å². The molecule has 1 aliphatic rings. The smallest absolute Gasteiger partial charge is 0.143 e. The fourth-order valence-electron chi connectivity index (χ4n) is 2.44. The molecule has 3 rings (SSSR count). The molecule has 0 spiro atoms. The van der Waals surface area contributed by atoms with E-state index >= 15 is 0 Å². The lowest BCUT2D eigenvalue weighted by Gasteiger charge is -2.13. The van der Waals surface area contributed by atoms with Gasteiger partial charge in [-0.1, -0.05) is 25.1 Å². The average molecular weight is 381 g/mol. The number of halogens is 1. The number of fused-ring (bicyclic) bond motifs is 1. The third-order valence-corrected chi connectivity index (χ3v) is 4.65. The lowest BCUT2D eigenvalue weighted by molar-refractivity contribution is 0.339. The van der Waals surface area contributed by atoms with E-state index in [9.17, 15) is 0 Å². The number of hydrogen-bond acceptors (Lipinski definition) is 4. The molecule has 0 bridgehead atoms. The van der Waals surface area contributed by atoms with Crippen LogP contribution in [0.4, 0.5) is 5.82 Å². The Bertz CT molecular complexity index is 620. The summed E-state index contributed by atoms with van der Waals surface area (Å²) in [5.41, 5.74) is 2.27. The lowest BCUT2D eigenvalue weighted by atomic mass is 10.0. The van der Waals surface area contributed by atoms with Crippen molar-refractivity contribution < 1.29 is 4.74 Å². The Kier molecular flexibility index (Phi) is 3.78. The Morgan fingerprint density at radius 1 is 1.35 bits per heavy atom. The first-order valence-corrected chi connectivity index (χ1v) is 7.78. The van der Waals surface area contributed by atoms with Gasteiger partial charge < -0.3 is 10.1 Å². The van der Waals surface area contributed by atoms with Crippen molar-refractivity contribution in [2.24, 2.45) is 0 Å². The SMILES string of the molecule is CCc1nc(C2COc3ccccc32)nc(NC)c1I. The molecule has 0 radical (unpaired) electrons. The Balaban J connectivity index is 2.08. The van der Waals surface area contributed by atoms with Gasteiger partial charge in [0, 0.05) is 12.6 Å². The van der Waals surface area contributed by atoms with Crippen LogP contribution in [0.15, 0.2) is 24.3 Å². The van der Waals surface area contributed by atoms with Crippen molar-refractivity contribution >= 4 is 28.4 Å². The first-order valence-electron chi connectivity index (χ1n) is 6.70. The Labute approximate surface area is 132 Å². The highest BCUT2D eigenvalue weighted by Crippen LogP contribution is 2.37. The van der Waals surface area contributed by atoms with Gasteiger partial charge in [0.2, 0.25) is 0 Å². The highest BCUT2D eigenvalue weighted by Gasteiger charge is 2.28. The highest BCUT2D eigenvalue weighted by atomic mass is 127. The number of anilines is 1. The van der Waals surface area contributed by atoms with Crippen molar-refractivity contribution in [1.82, 2.24) is 9.97 Å². The van der Waals surface area contributed by atoms with Crippen LogP contribution in [0, 0.1) is 3.57 Å². The number of benzene rings is 1. The zero-order chi connectivity index (χ0) is 14.1. The molecule has 104 valence electrons. The van der Waals surface area contributed by atoms with Crippen LogP contribution < -0.4 is 10.1 Å². The van der Waals surface area contributed by atoms with E-state index in [-0.39, 0.29) is 5.92 Å². The number of nitrogens with zero attached hydrogens (tertiary/aromatic N) is 2. The van der Waals surface area contributed by atoms with Crippen LogP contribution in [0.2, 0.25) is 0 Å². The van der Waals surface area contributed by atoms with Crippen molar-refractivity contribution in [3.63, 3.8) is 0 Å². The monoisotopic (exact) mass is 381 g/mol. The average Bonchev–Trinajstić information content (AvgIpc) is 2.91. The van der Waals surface area contributed by atoms with Gasteiger partial charge in [-0.25, -0.2) is 9.97 Å². The summed E-state index contributed by atoms with van der Waals surface area (Å²) in [5, 5.41) is 3.16. The molecular formula is C15H16IN3O. The van der Waals surface area contributed by atoms with Crippen molar-refractivity contribution in [2.45, 2.75) is 19.3 Å². The molecular weight excluding hydrogens is 365 g/mol. The number of nitrogens with one attached hydrogen (secondary N) is 1. The molecule has 20 heavy (non-hydrogen) atoms. The summed E-state index contributed by atoms with van der Waals surface area (Å²) >= 11 is 2.30. The first kappa shape index (κ1) is 13.6. The number of rotatable bonds is 3. The summed E-state index contributed by atoms with van der Waals surface area (Å²) in [5.74, 6) is 2.82. The van der Waals surface area contributed by atoms with E-state index in [0.717, 1.165) is 33.1 Å². The molecule has 1 aromatic heterocycles. The molecule has 1 N–H and O–H groups in total. The number of aromatic nitrogens is 2. The van der Waals surface area contributed by atoms with E-state index in [1.807, 2.05) is 25.2 Å². The lowest BCUT2D eigenvalue weighted by Crippen LogP contribution is -2.13. The first-order chi connectivity index (χ1) is 9.74. The second kappa shape index (κ2) is 5.55. The molecule has 2 heterocycles. The van der Waals surface area contributed by atoms with Crippen LogP contribution in [-0.4, -0.2) is 23.6 Å². The van der Waals surface area contributed by atoms with E-state index in [1.54, 1.807) is 0 Å². The molecule has 4 nitrogen and oxygen atoms in total. The molecule has 0 aliphatic carbocycles. The maximum atomic E-state index is 5.74. The van der Waals surface area contributed by atoms with Gasteiger partial charge >= 0.3 is 0 Å². The maximum absolute atomic E-state index is 5.74. The van der Waals surface area contributed by atoms with Gasteiger partial charge in [0.15, 0.2) is 0 Å². The van der Waals surface area contributed by atoms with Gasteiger partial charge in [-0.2, -0.15) is 0 Å². The summed E-state index contributed by atoms with van der Waals surface area (Å²) < 4.78 is 6.84. The molecule has 0 saturated heterocycles. The number of hydrogen-bond donors (Lipinski definition) is 1. The van der Waals surface area contributed by atoms with Crippen LogP contribution >= 0.6 is 22.6 Å². The molecule has 1 unspecified atom stereocenters. The quantitative estimate of drug-likeness (QED) is 0.830. The summed E-state index contributed by atoms with van der Waals surface area (Å²) in [7, 11) is 1.90. The molecule has 0 amide bonds. The Hall–Kier alpha value is -1.37. The molecule has 1 aromatic carbocycles. The third-order valence-electron chi connectivity index (χ3n) is 3.52. The van der Waals surface area contributed by atoms with Crippen LogP contribution in [0.25, 0.3) is 0 Å². The predicted molar refractivity (Wildman–Crippen MR) is 87.5 cm³/mol. The van der Waals surface area contributed by atoms with Crippen molar-refractivity contribution in [3.05, 3.63) is 44.9 Å². The van der Waals surface area contributed by atoms with Gasteiger partial charge in [0.05, 0.1) is 15.2 Å². The van der Waals surface area contributed by atoms with Gasteiger partial charge in [0.25, 0.3) is 0 Å². The summed E-state index contributed by atoms with van der Waals surface area (Å²) in [6.45, 7) is 2.74. The molecule has 1 atom stereocenters. The predicted octanol–water partition coefficient (Wildman–Crippen LogP) is 3.21. The third kappa shape index (κ3) is 2.24. The number of para-hydroxylation sites is 1. The van der Waals surface area contributed by atoms with Crippen LogP contribution in [0.1, 0.15) is 29.9 Å². The molecule has 0 fully saturated rings. The van der Waals surface area contributed by atoms with E-state index in [4.69, 9.17) is 9.72 Å². The largest absolute Gasteiger partial charge is 0.492 e. The van der Waals surface area contributed by atoms with E-state index in [2.05, 4.69) is 45.9 Å². The minimum Gasteiger partial charge on any atom is -0.492 e. The van der Waals surface area contributed by atoms with Crippen LogP contribution in [0.3, 0.4) is 0 Å². The minimum atomic E-state index is 0.126. The Morgan fingerprint density at radius 3 is 2.90 bits per heavy atom. The standard InChI is InChI=1S/C15H16IN3O/c1-3-11-13(16)15(17-2)19-14(18-11)10-8-20-12-7-5-4-6-9(10)12/h4-7,10H,3,8H2,1-2H3,(H,17,18,19). The fraction of sp³-hybridized carbons (Fsp3) is 0.333. The second-order valence-electron chi connectivity index (χ2n) is 4.70. The highest BCUT2D eigenvalue weighted by molar-refractivity contribution is 14.1. The number of aryl methyl sites for hydroxylation is 1. The van der Waals surface area contributed by atoms with Gasteiger partial charge in [0.1, 0.15) is 24.0 Å². The maximum Gasteiger partial charge on any atom is 0.143 e. The molecule has 2 aromatic rings.